The van der Waals surface area contributed by atoms with E-state index in [0.29, 0.717) is 10.6 Å². The Kier molecular flexibility index (Phi) is 5.77. The summed E-state index contributed by atoms with van der Waals surface area (Å²) in [5, 5.41) is 19.8. The number of aliphatic hydroxyl groups excluding tert-OH is 2. The normalized spacial score (nSPS) is 26.1. The van der Waals surface area contributed by atoms with E-state index >= 15 is 0 Å². The number of aromatic nitrogens is 4. The smallest absolute Gasteiger partial charge is 0.399 e. The largest absolute Gasteiger partial charge is 0.469 e. The third kappa shape index (κ3) is 4.12. The van der Waals surface area contributed by atoms with Gasteiger partial charge in [-0.1, -0.05) is 11.8 Å². The van der Waals surface area contributed by atoms with E-state index in [1.54, 1.807) is 24.3 Å². The van der Waals surface area contributed by atoms with Crippen LogP contribution >= 0.6 is 19.6 Å². The quantitative estimate of drug-likeness (QED) is 0.162. The summed E-state index contributed by atoms with van der Waals surface area (Å²) < 4.78 is 22.7. The predicted molar refractivity (Wildman–Crippen MR) is 112 cm³/mol. The van der Waals surface area contributed by atoms with Gasteiger partial charge in [-0.05, 0) is 24.3 Å². The van der Waals surface area contributed by atoms with Gasteiger partial charge in [-0.15, -0.1) is 0 Å². The molecule has 0 saturated carbocycles. The molecule has 0 aliphatic carbocycles. The van der Waals surface area contributed by atoms with Crippen molar-refractivity contribution in [3.63, 3.8) is 0 Å². The van der Waals surface area contributed by atoms with E-state index in [-0.39, 0.29) is 17.1 Å². The zero-order valence-electron chi connectivity index (χ0n) is 16.1. The van der Waals surface area contributed by atoms with Gasteiger partial charge in [0.1, 0.15) is 24.6 Å². The zero-order chi connectivity index (χ0) is 23.3. The van der Waals surface area contributed by atoms with Crippen molar-refractivity contribution in [2.24, 2.45) is 0 Å². The number of nitrogens with zero attached hydrogens (tertiary/aromatic N) is 3. The number of ether oxygens (including phenoxy) is 1. The minimum absolute atomic E-state index is 0.0444. The van der Waals surface area contributed by atoms with Gasteiger partial charge in [-0.2, -0.15) is 4.98 Å². The van der Waals surface area contributed by atoms with E-state index in [2.05, 4.69) is 19.5 Å². The second-order valence-corrected chi connectivity index (χ2v) is 9.42. The van der Waals surface area contributed by atoms with Gasteiger partial charge in [0.15, 0.2) is 11.2 Å². The van der Waals surface area contributed by atoms with Gasteiger partial charge in [-0.25, -0.2) is 9.55 Å². The van der Waals surface area contributed by atoms with Crippen molar-refractivity contribution < 1.29 is 33.8 Å². The van der Waals surface area contributed by atoms with Gasteiger partial charge >= 0.3 is 7.82 Å². The van der Waals surface area contributed by atoms with Crippen molar-refractivity contribution in [3.8, 4) is 0 Å². The van der Waals surface area contributed by atoms with Crippen LogP contribution in [-0.4, -0.2) is 64.4 Å². The Balaban J connectivity index is 1.84. The molecular formula is C16H19N6O8PS. The van der Waals surface area contributed by atoms with E-state index < -0.39 is 43.4 Å². The van der Waals surface area contributed by atoms with Crippen molar-refractivity contribution in [1.82, 2.24) is 19.5 Å². The molecule has 14 nitrogen and oxygen atoms in total. The molecule has 1 saturated heterocycles. The number of thioether (sulfide) groups is 1. The van der Waals surface area contributed by atoms with Crippen molar-refractivity contribution in [3.05, 3.63) is 40.9 Å². The molecule has 0 unspecified atom stereocenters. The van der Waals surface area contributed by atoms with Crippen molar-refractivity contribution in [2.75, 3.05) is 18.1 Å². The first-order valence-corrected chi connectivity index (χ1v) is 11.4. The van der Waals surface area contributed by atoms with E-state index in [1.807, 2.05) is 0 Å². The molecule has 3 heterocycles. The number of benzene rings is 1. The topological polar surface area (TPSA) is 232 Å². The van der Waals surface area contributed by atoms with Crippen LogP contribution in [0.4, 0.5) is 11.6 Å². The minimum atomic E-state index is -4.88. The van der Waals surface area contributed by atoms with Crippen LogP contribution in [0.3, 0.4) is 0 Å². The molecule has 1 fully saturated rings. The lowest BCUT2D eigenvalue weighted by Crippen LogP contribution is -2.43. The fourth-order valence-electron chi connectivity index (χ4n) is 3.27. The fraction of sp³-hybridized carbons (Fsp3) is 0.312. The number of fused-ring (bicyclic) bond motifs is 1. The molecule has 0 spiro atoms. The number of hydrogen-bond donors (Lipinski definition) is 7. The maximum atomic E-state index is 12.2. The summed E-state index contributed by atoms with van der Waals surface area (Å²) in [5.41, 5.74) is 11.1. The summed E-state index contributed by atoms with van der Waals surface area (Å²) in [6.45, 7) is -0.727. The second-order valence-electron chi connectivity index (χ2n) is 6.92. The van der Waals surface area contributed by atoms with Crippen LogP contribution in [-0.2, 0) is 18.9 Å². The average Bonchev–Trinajstić information content (AvgIpc) is 3.23. The SMILES string of the molecule is Nc1ccc(S[C@@]2(n3cnc4c(=O)[nH]c(N)nc43)O[C@H](COP(=O)(O)O)[C@@H](O)[C@H]2O)cc1. The minimum Gasteiger partial charge on any atom is -0.399 e. The Bertz CT molecular complexity index is 1250. The standard InChI is InChI=1S/C16H19N6O8PS/c17-7-1-3-8(4-2-7)32-16(12(24)11(23)9(30-16)5-29-31(26,27)28)22-6-19-10-13(22)20-15(18)21-14(10)25/h1-4,6,9,11-12,23-24H,5,17H2,(H2,26,27,28)(H3,18,20,21,25)/t9-,11-,12-,16+/m1/s1. The number of phosphoric ester groups is 1. The molecule has 1 aliphatic rings. The lowest BCUT2D eigenvalue weighted by atomic mass is 10.1. The Morgan fingerprint density at radius 2 is 1.97 bits per heavy atom. The summed E-state index contributed by atoms with van der Waals surface area (Å²) in [7, 11) is -4.88. The number of imidazole rings is 1. The number of aromatic amines is 1. The Labute approximate surface area is 183 Å². The van der Waals surface area contributed by atoms with Gasteiger partial charge in [0, 0.05) is 10.6 Å². The monoisotopic (exact) mass is 486 g/mol. The number of nitrogens with one attached hydrogen (secondary N) is 1. The lowest BCUT2D eigenvalue weighted by molar-refractivity contribution is -0.0768. The van der Waals surface area contributed by atoms with Crippen LogP contribution in [0.15, 0.2) is 40.3 Å². The summed E-state index contributed by atoms with van der Waals surface area (Å²) in [6, 6.07) is 6.49. The number of nitrogens with two attached hydrogens (primary N) is 2. The zero-order valence-corrected chi connectivity index (χ0v) is 17.8. The van der Waals surface area contributed by atoms with Crippen LogP contribution in [0.1, 0.15) is 0 Å². The fourth-order valence-corrected chi connectivity index (χ4v) is 4.89. The Hall–Kier alpha value is -2.49. The van der Waals surface area contributed by atoms with Crippen LogP contribution in [0.25, 0.3) is 11.2 Å². The first-order valence-electron chi connectivity index (χ1n) is 9.02. The second kappa shape index (κ2) is 8.13. The van der Waals surface area contributed by atoms with E-state index in [1.165, 1.54) is 10.9 Å². The summed E-state index contributed by atoms with van der Waals surface area (Å²) >= 11 is 0.933. The maximum Gasteiger partial charge on any atom is 0.469 e. The number of hydrogen-bond acceptors (Lipinski definition) is 11. The van der Waals surface area contributed by atoms with Crippen LogP contribution in [0, 0.1) is 0 Å². The third-order valence-electron chi connectivity index (χ3n) is 4.71. The molecule has 32 heavy (non-hydrogen) atoms. The molecular weight excluding hydrogens is 467 g/mol. The van der Waals surface area contributed by atoms with Crippen molar-refractivity contribution in [2.45, 2.75) is 28.3 Å². The molecule has 0 amide bonds. The van der Waals surface area contributed by atoms with Gasteiger partial charge in [0.25, 0.3) is 5.56 Å². The molecule has 1 aromatic carbocycles. The van der Waals surface area contributed by atoms with Crippen LogP contribution < -0.4 is 17.0 Å². The van der Waals surface area contributed by atoms with Crippen LogP contribution in [0.5, 0.6) is 0 Å². The number of aliphatic hydroxyl groups is 2. The summed E-state index contributed by atoms with van der Waals surface area (Å²) in [5.74, 6) is -0.216. The van der Waals surface area contributed by atoms with E-state index in [4.69, 9.17) is 26.0 Å². The average molecular weight is 486 g/mol. The number of rotatable bonds is 6. The molecule has 4 atom stereocenters. The number of nitrogen functional groups attached to an aromatic ring is 2. The maximum absolute atomic E-state index is 12.2. The molecule has 0 radical (unpaired) electrons. The molecule has 172 valence electrons. The first-order chi connectivity index (χ1) is 15.0. The van der Waals surface area contributed by atoms with Gasteiger partial charge in [-0.3, -0.25) is 18.9 Å². The number of phosphoric acid groups is 1. The first kappa shape index (κ1) is 22.7. The lowest BCUT2D eigenvalue weighted by Gasteiger charge is -2.33. The predicted octanol–water partition coefficient (Wildman–Crippen LogP) is -1.08. The molecule has 16 heteroatoms. The summed E-state index contributed by atoms with van der Waals surface area (Å²) in [6.07, 6.45) is -3.47. The number of anilines is 2. The highest BCUT2D eigenvalue weighted by atomic mass is 32.2. The molecule has 2 aromatic heterocycles. The van der Waals surface area contributed by atoms with Crippen molar-refractivity contribution in [1.29, 1.82) is 0 Å². The van der Waals surface area contributed by atoms with Crippen LogP contribution in [0.2, 0.25) is 0 Å². The van der Waals surface area contributed by atoms with Crippen molar-refractivity contribution >= 4 is 42.4 Å². The van der Waals surface area contributed by atoms with Gasteiger partial charge in [0.2, 0.25) is 11.0 Å². The van der Waals surface area contributed by atoms with E-state index in [9.17, 15) is 19.6 Å². The molecule has 3 aromatic rings. The summed E-state index contributed by atoms with van der Waals surface area (Å²) in [4.78, 5) is 41.2. The molecule has 1 aliphatic heterocycles. The highest BCUT2D eigenvalue weighted by Gasteiger charge is 2.57. The third-order valence-corrected chi connectivity index (χ3v) is 6.53. The number of H-pyrrole nitrogens is 1. The highest BCUT2D eigenvalue weighted by molar-refractivity contribution is 8.00. The highest BCUT2D eigenvalue weighted by Crippen LogP contribution is 2.49. The van der Waals surface area contributed by atoms with Gasteiger partial charge < -0.3 is 36.2 Å². The molecule has 4 rings (SSSR count). The molecule has 9 N–H and O–H groups in total. The Morgan fingerprint density at radius 3 is 2.62 bits per heavy atom. The van der Waals surface area contributed by atoms with E-state index in [0.717, 1.165) is 11.8 Å². The molecule has 0 bridgehead atoms. The Morgan fingerprint density at radius 1 is 1.28 bits per heavy atom. The van der Waals surface area contributed by atoms with Gasteiger partial charge in [0.05, 0.1) is 6.61 Å².